The summed E-state index contributed by atoms with van der Waals surface area (Å²) in [5.41, 5.74) is 4.28. The molecule has 3 aromatic rings. The van der Waals surface area contributed by atoms with Crippen LogP contribution >= 0.6 is 0 Å². The third-order valence-corrected chi connectivity index (χ3v) is 5.51. The third kappa shape index (κ3) is 2.99. The molecule has 0 radical (unpaired) electrons. The Hall–Kier alpha value is -3.47. The zero-order valence-electron chi connectivity index (χ0n) is 16.4. The molecule has 0 saturated heterocycles. The van der Waals surface area contributed by atoms with Gasteiger partial charge in [0.05, 0.1) is 31.5 Å². The summed E-state index contributed by atoms with van der Waals surface area (Å²) in [6, 6.07) is 24.4. The monoisotopic (exact) mass is 386 g/mol. The number of benzene rings is 3. The van der Waals surface area contributed by atoms with E-state index >= 15 is 0 Å². The van der Waals surface area contributed by atoms with Gasteiger partial charge in [-0.2, -0.15) is 5.10 Å². The summed E-state index contributed by atoms with van der Waals surface area (Å²) in [5.74, 6) is 2.35. The lowest BCUT2D eigenvalue weighted by molar-refractivity contribution is -0.0203. The summed E-state index contributed by atoms with van der Waals surface area (Å²) in [4.78, 5) is 0. The molecule has 2 atom stereocenters. The highest BCUT2D eigenvalue weighted by Gasteiger charge is 2.41. The molecule has 0 N–H and O–H groups in total. The Morgan fingerprint density at radius 2 is 1.69 bits per heavy atom. The second-order valence-electron chi connectivity index (χ2n) is 7.13. The highest BCUT2D eigenvalue weighted by molar-refractivity contribution is 6.01. The topological polar surface area (TPSA) is 43.3 Å². The largest absolute Gasteiger partial charge is 0.497 e. The summed E-state index contributed by atoms with van der Waals surface area (Å²) in [6.45, 7) is 0. The lowest BCUT2D eigenvalue weighted by Gasteiger charge is -2.38. The van der Waals surface area contributed by atoms with Crippen LogP contribution in [0.5, 0.6) is 17.2 Å². The Balaban J connectivity index is 1.61. The summed E-state index contributed by atoms with van der Waals surface area (Å²) in [7, 11) is 3.31. The Labute approximate surface area is 170 Å². The fraction of sp³-hybridized carbons (Fsp3) is 0.208. The van der Waals surface area contributed by atoms with Crippen LogP contribution < -0.4 is 14.2 Å². The van der Waals surface area contributed by atoms with Crippen molar-refractivity contribution in [2.24, 2.45) is 5.10 Å². The van der Waals surface area contributed by atoms with Crippen molar-refractivity contribution < 1.29 is 14.2 Å². The van der Waals surface area contributed by atoms with Crippen molar-refractivity contribution in [2.75, 3.05) is 14.2 Å². The Bertz CT molecular complexity index is 1060. The molecule has 0 bridgehead atoms. The second kappa shape index (κ2) is 7.17. The van der Waals surface area contributed by atoms with Gasteiger partial charge in [-0.25, -0.2) is 5.01 Å². The number of methoxy groups -OCH3 is 2. The average molecular weight is 386 g/mol. The number of fused-ring (bicyclic) bond motifs is 3. The van der Waals surface area contributed by atoms with Gasteiger partial charge in [-0.05, 0) is 23.8 Å². The van der Waals surface area contributed by atoms with Crippen molar-refractivity contribution in [3.8, 4) is 17.2 Å². The van der Waals surface area contributed by atoms with Crippen LogP contribution in [0.1, 0.15) is 35.4 Å². The van der Waals surface area contributed by atoms with Crippen LogP contribution in [0.2, 0.25) is 0 Å². The zero-order valence-corrected chi connectivity index (χ0v) is 16.4. The Kier molecular flexibility index (Phi) is 4.35. The van der Waals surface area contributed by atoms with E-state index in [1.807, 2.05) is 48.5 Å². The molecule has 146 valence electrons. The lowest BCUT2D eigenvalue weighted by Crippen LogP contribution is -2.33. The van der Waals surface area contributed by atoms with Gasteiger partial charge < -0.3 is 14.2 Å². The minimum atomic E-state index is -0.378. The molecule has 2 unspecified atom stereocenters. The molecule has 0 amide bonds. The maximum Gasteiger partial charge on any atom is 0.217 e. The molecular weight excluding hydrogens is 364 g/mol. The highest BCUT2D eigenvalue weighted by atomic mass is 16.5. The third-order valence-electron chi connectivity index (χ3n) is 5.51. The number of hydrogen-bond donors (Lipinski definition) is 0. The summed E-state index contributed by atoms with van der Waals surface area (Å²) >= 11 is 0. The van der Waals surface area contributed by atoms with E-state index in [1.165, 1.54) is 0 Å². The molecule has 3 aromatic carbocycles. The molecule has 2 heterocycles. The van der Waals surface area contributed by atoms with Crippen LogP contribution in [0, 0.1) is 0 Å². The minimum Gasteiger partial charge on any atom is -0.497 e. The zero-order chi connectivity index (χ0) is 19.8. The van der Waals surface area contributed by atoms with Crippen molar-refractivity contribution in [3.05, 3.63) is 89.5 Å². The standard InChI is InChI=1S/C24H22N2O3/c1-27-17-12-13-19(23(14-17)28-2)24-26-21(18-10-6-7-11-22(18)29-24)15-20(25-26)16-8-4-3-5-9-16/h3-14,21,24H,15H2,1-2H3. The molecule has 0 spiro atoms. The molecule has 0 fully saturated rings. The molecule has 0 aliphatic carbocycles. The van der Waals surface area contributed by atoms with Gasteiger partial charge in [0, 0.05) is 18.1 Å². The molecule has 2 aliphatic rings. The summed E-state index contributed by atoms with van der Waals surface area (Å²) < 4.78 is 17.4. The van der Waals surface area contributed by atoms with Crippen molar-refractivity contribution in [1.29, 1.82) is 0 Å². The Morgan fingerprint density at radius 1 is 0.897 bits per heavy atom. The summed E-state index contributed by atoms with van der Waals surface area (Å²) in [6.07, 6.45) is 0.455. The molecule has 29 heavy (non-hydrogen) atoms. The van der Waals surface area contributed by atoms with Crippen molar-refractivity contribution in [1.82, 2.24) is 5.01 Å². The van der Waals surface area contributed by atoms with Crippen LogP contribution in [0.25, 0.3) is 0 Å². The first kappa shape index (κ1) is 17.6. The quantitative estimate of drug-likeness (QED) is 0.637. The van der Waals surface area contributed by atoms with Gasteiger partial charge in [-0.1, -0.05) is 48.5 Å². The van der Waals surface area contributed by atoms with E-state index in [9.17, 15) is 0 Å². The van der Waals surface area contributed by atoms with E-state index in [-0.39, 0.29) is 12.3 Å². The first-order chi connectivity index (χ1) is 14.3. The fourth-order valence-electron chi connectivity index (χ4n) is 4.07. The van der Waals surface area contributed by atoms with Gasteiger partial charge in [0.15, 0.2) is 0 Å². The van der Waals surface area contributed by atoms with Crippen LogP contribution in [0.4, 0.5) is 0 Å². The van der Waals surface area contributed by atoms with Crippen LogP contribution in [-0.4, -0.2) is 24.9 Å². The maximum absolute atomic E-state index is 6.43. The number of hydrogen-bond acceptors (Lipinski definition) is 5. The van der Waals surface area contributed by atoms with Crippen molar-refractivity contribution >= 4 is 5.71 Å². The molecule has 2 aliphatic heterocycles. The van der Waals surface area contributed by atoms with Crippen molar-refractivity contribution in [2.45, 2.75) is 18.7 Å². The van der Waals surface area contributed by atoms with E-state index in [1.54, 1.807) is 14.2 Å². The smallest absolute Gasteiger partial charge is 0.217 e. The van der Waals surface area contributed by atoms with E-state index < -0.39 is 0 Å². The number of nitrogens with zero attached hydrogens (tertiary/aromatic N) is 2. The number of hydrazone groups is 1. The SMILES string of the molecule is COc1ccc(C2Oc3ccccc3C3CC(c4ccccc4)=NN32)c(OC)c1. The van der Waals surface area contributed by atoms with Gasteiger partial charge in [0.25, 0.3) is 0 Å². The Morgan fingerprint density at radius 3 is 2.48 bits per heavy atom. The van der Waals surface area contributed by atoms with E-state index in [4.69, 9.17) is 19.3 Å². The number of rotatable bonds is 4. The molecular formula is C24H22N2O3. The van der Waals surface area contributed by atoms with Gasteiger partial charge >= 0.3 is 0 Å². The van der Waals surface area contributed by atoms with Gasteiger partial charge in [-0.3, -0.25) is 0 Å². The second-order valence-corrected chi connectivity index (χ2v) is 7.13. The van der Waals surface area contributed by atoms with Crippen LogP contribution in [-0.2, 0) is 0 Å². The highest BCUT2D eigenvalue weighted by Crippen LogP contribution is 2.49. The van der Waals surface area contributed by atoms with Crippen LogP contribution in [0.3, 0.4) is 0 Å². The van der Waals surface area contributed by atoms with Gasteiger partial charge in [0.1, 0.15) is 17.2 Å². The molecule has 0 saturated carbocycles. The number of para-hydroxylation sites is 1. The minimum absolute atomic E-state index is 0.118. The van der Waals surface area contributed by atoms with E-state index in [2.05, 4.69) is 29.3 Å². The predicted molar refractivity (Wildman–Crippen MR) is 112 cm³/mol. The molecule has 5 rings (SSSR count). The fourth-order valence-corrected chi connectivity index (χ4v) is 4.07. The van der Waals surface area contributed by atoms with E-state index in [0.29, 0.717) is 0 Å². The lowest BCUT2D eigenvalue weighted by atomic mass is 9.96. The first-order valence-corrected chi connectivity index (χ1v) is 9.67. The first-order valence-electron chi connectivity index (χ1n) is 9.67. The van der Waals surface area contributed by atoms with E-state index in [0.717, 1.165) is 46.1 Å². The normalized spacial score (nSPS) is 19.7. The molecule has 5 heteroatoms. The molecule has 5 nitrogen and oxygen atoms in total. The molecule has 0 aromatic heterocycles. The number of ether oxygens (including phenoxy) is 3. The van der Waals surface area contributed by atoms with Gasteiger partial charge in [-0.15, -0.1) is 0 Å². The van der Waals surface area contributed by atoms with Gasteiger partial charge in [0.2, 0.25) is 6.23 Å². The van der Waals surface area contributed by atoms with Crippen molar-refractivity contribution in [3.63, 3.8) is 0 Å². The van der Waals surface area contributed by atoms with Crippen LogP contribution in [0.15, 0.2) is 77.9 Å². The maximum atomic E-state index is 6.43. The average Bonchev–Trinajstić information content (AvgIpc) is 3.24. The summed E-state index contributed by atoms with van der Waals surface area (Å²) in [5, 5.41) is 7.06. The predicted octanol–water partition coefficient (Wildman–Crippen LogP) is 4.95.